The average Bonchev–Trinajstić information content (AvgIpc) is 2.22. The van der Waals surface area contributed by atoms with Crippen LogP contribution in [0.5, 0.6) is 0 Å². The zero-order valence-corrected chi connectivity index (χ0v) is 9.55. The first-order valence-electron chi connectivity index (χ1n) is 4.42. The van der Waals surface area contributed by atoms with Crippen LogP contribution < -0.4 is 0 Å². The summed E-state index contributed by atoms with van der Waals surface area (Å²) in [6.45, 7) is 1.84. The summed E-state index contributed by atoms with van der Waals surface area (Å²) in [4.78, 5) is 8.32. The summed E-state index contributed by atoms with van der Waals surface area (Å²) in [5, 5.41) is 1.28. The van der Waals surface area contributed by atoms with Crippen LogP contribution in [0.3, 0.4) is 0 Å². The summed E-state index contributed by atoms with van der Waals surface area (Å²) in [6, 6.07) is 7.12. The molecule has 2 rings (SSSR count). The lowest BCUT2D eigenvalue weighted by Gasteiger charge is -2.04. The van der Waals surface area contributed by atoms with E-state index in [1.54, 1.807) is 24.4 Å². The zero-order valence-electron chi connectivity index (χ0n) is 8.04. The molecule has 2 aromatic rings. The summed E-state index contributed by atoms with van der Waals surface area (Å²) >= 11 is 12.0. The molecule has 0 aliphatic rings. The van der Waals surface area contributed by atoms with Gasteiger partial charge in [0.2, 0.25) is 0 Å². The van der Waals surface area contributed by atoms with E-state index in [1.165, 1.54) is 0 Å². The molecule has 1 aromatic carbocycles. The van der Waals surface area contributed by atoms with Crippen molar-refractivity contribution in [3.8, 4) is 11.3 Å². The molecule has 4 heteroatoms. The predicted octanol–water partition coefficient (Wildman–Crippen LogP) is 3.76. The summed E-state index contributed by atoms with van der Waals surface area (Å²) < 4.78 is 0. The SMILES string of the molecule is Cc1nccc(-c2cc(Cl)ccc2Cl)n1. The topological polar surface area (TPSA) is 25.8 Å². The summed E-state index contributed by atoms with van der Waals surface area (Å²) in [5.74, 6) is 0.712. The van der Waals surface area contributed by atoms with Crippen LogP contribution in [0.15, 0.2) is 30.5 Å². The summed E-state index contributed by atoms with van der Waals surface area (Å²) in [7, 11) is 0. The first-order chi connectivity index (χ1) is 7.16. The minimum absolute atomic E-state index is 0.637. The monoisotopic (exact) mass is 238 g/mol. The van der Waals surface area contributed by atoms with Gasteiger partial charge in [0.15, 0.2) is 0 Å². The summed E-state index contributed by atoms with van der Waals surface area (Å²) in [6.07, 6.45) is 1.70. The number of halogens is 2. The minimum atomic E-state index is 0.637. The van der Waals surface area contributed by atoms with Crippen molar-refractivity contribution in [2.45, 2.75) is 6.92 Å². The number of rotatable bonds is 1. The van der Waals surface area contributed by atoms with E-state index in [9.17, 15) is 0 Å². The Morgan fingerprint density at radius 2 is 1.93 bits per heavy atom. The second-order valence-electron chi connectivity index (χ2n) is 3.11. The maximum atomic E-state index is 6.06. The smallest absolute Gasteiger partial charge is 0.125 e. The number of hydrogen-bond donors (Lipinski definition) is 0. The highest BCUT2D eigenvalue weighted by Crippen LogP contribution is 2.28. The molecule has 0 fully saturated rings. The van der Waals surface area contributed by atoms with Gasteiger partial charge in [-0.1, -0.05) is 23.2 Å². The van der Waals surface area contributed by atoms with Crippen LogP contribution in [0.2, 0.25) is 10.0 Å². The molecular weight excluding hydrogens is 231 g/mol. The van der Waals surface area contributed by atoms with Crippen LogP contribution in [-0.4, -0.2) is 9.97 Å². The predicted molar refractivity (Wildman–Crippen MR) is 62.2 cm³/mol. The molecule has 0 aliphatic heterocycles. The van der Waals surface area contributed by atoms with Gasteiger partial charge in [-0.05, 0) is 31.2 Å². The van der Waals surface area contributed by atoms with Crippen molar-refractivity contribution in [1.29, 1.82) is 0 Å². The van der Waals surface area contributed by atoms with Crippen LogP contribution >= 0.6 is 23.2 Å². The Hall–Kier alpha value is -1.12. The van der Waals surface area contributed by atoms with Crippen molar-refractivity contribution in [3.05, 3.63) is 46.3 Å². The lowest BCUT2D eigenvalue weighted by Crippen LogP contribution is -1.90. The van der Waals surface area contributed by atoms with E-state index in [0.717, 1.165) is 11.3 Å². The number of aromatic nitrogens is 2. The molecule has 0 unspecified atom stereocenters. The van der Waals surface area contributed by atoms with Crippen molar-refractivity contribution < 1.29 is 0 Å². The van der Waals surface area contributed by atoms with Gasteiger partial charge in [-0.2, -0.15) is 0 Å². The van der Waals surface area contributed by atoms with Crippen LogP contribution in [0.1, 0.15) is 5.82 Å². The fourth-order valence-corrected chi connectivity index (χ4v) is 1.69. The van der Waals surface area contributed by atoms with E-state index >= 15 is 0 Å². The van der Waals surface area contributed by atoms with E-state index in [4.69, 9.17) is 23.2 Å². The van der Waals surface area contributed by atoms with Crippen molar-refractivity contribution in [3.63, 3.8) is 0 Å². The van der Waals surface area contributed by atoms with E-state index in [2.05, 4.69) is 9.97 Å². The van der Waals surface area contributed by atoms with Crippen molar-refractivity contribution >= 4 is 23.2 Å². The molecule has 0 radical (unpaired) electrons. The van der Waals surface area contributed by atoms with E-state index in [-0.39, 0.29) is 0 Å². The molecule has 2 nitrogen and oxygen atoms in total. The number of aryl methyl sites for hydroxylation is 1. The molecule has 1 heterocycles. The third kappa shape index (κ3) is 2.28. The van der Waals surface area contributed by atoms with Crippen molar-refractivity contribution in [2.75, 3.05) is 0 Å². The minimum Gasteiger partial charge on any atom is -0.242 e. The largest absolute Gasteiger partial charge is 0.242 e. The maximum Gasteiger partial charge on any atom is 0.125 e. The van der Waals surface area contributed by atoms with Crippen molar-refractivity contribution in [1.82, 2.24) is 9.97 Å². The van der Waals surface area contributed by atoms with Crippen LogP contribution in [0.4, 0.5) is 0 Å². The van der Waals surface area contributed by atoms with Crippen LogP contribution in [0.25, 0.3) is 11.3 Å². The maximum absolute atomic E-state index is 6.06. The Morgan fingerprint density at radius 1 is 1.13 bits per heavy atom. The quantitative estimate of drug-likeness (QED) is 0.757. The molecule has 76 valence electrons. The first kappa shape index (κ1) is 10.4. The molecule has 0 saturated carbocycles. The average molecular weight is 239 g/mol. The van der Waals surface area contributed by atoms with Crippen LogP contribution in [-0.2, 0) is 0 Å². The normalized spacial score (nSPS) is 10.3. The third-order valence-electron chi connectivity index (χ3n) is 1.98. The van der Waals surface area contributed by atoms with Gasteiger partial charge < -0.3 is 0 Å². The van der Waals surface area contributed by atoms with E-state index in [0.29, 0.717) is 15.9 Å². The first-order valence-corrected chi connectivity index (χ1v) is 5.17. The molecule has 0 atom stereocenters. The lowest BCUT2D eigenvalue weighted by molar-refractivity contribution is 1.06. The molecule has 0 N–H and O–H groups in total. The Balaban J connectivity index is 2.58. The highest BCUT2D eigenvalue weighted by Gasteiger charge is 2.05. The van der Waals surface area contributed by atoms with Gasteiger partial charge in [-0.25, -0.2) is 9.97 Å². The highest BCUT2D eigenvalue weighted by molar-refractivity contribution is 6.35. The van der Waals surface area contributed by atoms with Gasteiger partial charge in [0, 0.05) is 16.8 Å². The Labute approximate surface area is 97.9 Å². The van der Waals surface area contributed by atoms with Gasteiger partial charge >= 0.3 is 0 Å². The molecular formula is C11H8Cl2N2. The second-order valence-corrected chi connectivity index (χ2v) is 3.96. The molecule has 0 amide bonds. The van der Waals surface area contributed by atoms with Gasteiger partial charge in [0.1, 0.15) is 5.82 Å². The number of benzene rings is 1. The molecule has 0 spiro atoms. The molecule has 15 heavy (non-hydrogen) atoms. The molecule has 0 aliphatic carbocycles. The van der Waals surface area contributed by atoms with Gasteiger partial charge in [-0.3, -0.25) is 0 Å². The molecule has 1 aromatic heterocycles. The Bertz CT molecular complexity index is 498. The summed E-state index contributed by atoms with van der Waals surface area (Å²) in [5.41, 5.74) is 1.62. The fourth-order valence-electron chi connectivity index (χ4n) is 1.30. The van der Waals surface area contributed by atoms with Gasteiger partial charge in [0.25, 0.3) is 0 Å². The fraction of sp³-hybridized carbons (Fsp3) is 0.0909. The third-order valence-corrected chi connectivity index (χ3v) is 2.55. The number of nitrogens with zero attached hydrogens (tertiary/aromatic N) is 2. The second kappa shape index (κ2) is 4.17. The molecule has 0 bridgehead atoms. The van der Waals surface area contributed by atoms with Crippen LogP contribution in [0, 0.1) is 6.92 Å². The standard InChI is InChI=1S/C11H8Cl2N2/c1-7-14-5-4-11(15-7)9-6-8(12)2-3-10(9)13/h2-6H,1H3. The van der Waals surface area contributed by atoms with Gasteiger partial charge in [-0.15, -0.1) is 0 Å². The van der Waals surface area contributed by atoms with E-state index in [1.807, 2.05) is 13.0 Å². The number of hydrogen-bond acceptors (Lipinski definition) is 2. The lowest BCUT2D eigenvalue weighted by atomic mass is 10.1. The highest BCUT2D eigenvalue weighted by atomic mass is 35.5. The van der Waals surface area contributed by atoms with Gasteiger partial charge in [0.05, 0.1) is 10.7 Å². The Morgan fingerprint density at radius 3 is 2.67 bits per heavy atom. The zero-order chi connectivity index (χ0) is 10.8. The Kier molecular flexibility index (Phi) is 2.89. The van der Waals surface area contributed by atoms with Crippen molar-refractivity contribution in [2.24, 2.45) is 0 Å². The molecule has 0 saturated heterocycles. The van der Waals surface area contributed by atoms with E-state index < -0.39 is 0 Å².